The first-order valence-corrected chi connectivity index (χ1v) is 8.34. The largest absolute Gasteiger partial charge is 0.454 e. The summed E-state index contributed by atoms with van der Waals surface area (Å²) in [5.41, 5.74) is 6.43. The average Bonchev–Trinajstić information content (AvgIpc) is 2.67. The number of hydrogen-bond acceptors (Lipinski definition) is 5. The van der Waals surface area contributed by atoms with Gasteiger partial charge in [0.05, 0.1) is 0 Å². The van der Waals surface area contributed by atoms with Gasteiger partial charge in [0.25, 0.3) is 5.91 Å². The second-order valence-electron chi connectivity index (χ2n) is 5.78. The Morgan fingerprint density at radius 1 is 0.929 bits per heavy atom. The van der Waals surface area contributed by atoms with Gasteiger partial charge in [-0.3, -0.25) is 9.59 Å². The van der Waals surface area contributed by atoms with E-state index in [1.54, 1.807) is 30.3 Å². The maximum atomic E-state index is 11.9. The number of anilines is 2. The Morgan fingerprint density at radius 3 is 2.14 bits per heavy atom. The lowest BCUT2D eigenvalue weighted by molar-refractivity contribution is -0.148. The summed E-state index contributed by atoms with van der Waals surface area (Å²) in [7, 11) is 0. The van der Waals surface area contributed by atoms with Crippen LogP contribution in [-0.4, -0.2) is 36.5 Å². The highest BCUT2D eigenvalue weighted by atomic mass is 16.5. The van der Waals surface area contributed by atoms with Gasteiger partial charge in [-0.15, -0.1) is 0 Å². The van der Waals surface area contributed by atoms with Crippen LogP contribution in [0.2, 0.25) is 0 Å². The van der Waals surface area contributed by atoms with Gasteiger partial charge in [-0.05, 0) is 43.3 Å². The highest BCUT2D eigenvalue weighted by molar-refractivity contribution is 5.96. The summed E-state index contributed by atoms with van der Waals surface area (Å²) in [6, 6.07) is 13.1. The summed E-state index contributed by atoms with van der Waals surface area (Å²) in [5.74, 6) is -1.91. The third-order valence-corrected chi connectivity index (χ3v) is 3.53. The van der Waals surface area contributed by atoms with E-state index >= 15 is 0 Å². The van der Waals surface area contributed by atoms with Gasteiger partial charge in [-0.2, -0.15) is 0 Å². The highest BCUT2D eigenvalue weighted by Gasteiger charge is 2.18. The molecule has 4 amide bonds. The minimum absolute atomic E-state index is 0.304. The molecule has 0 radical (unpaired) electrons. The Bertz CT molecular complexity index is 852. The third kappa shape index (κ3) is 6.45. The molecule has 0 fully saturated rings. The van der Waals surface area contributed by atoms with Crippen molar-refractivity contribution in [2.45, 2.75) is 13.0 Å². The van der Waals surface area contributed by atoms with E-state index in [1.165, 1.54) is 31.2 Å². The molecule has 0 spiro atoms. The standard InChI is InChI=1S/C19H20N4O5/c1-12(21-19(27)23-14-5-3-2-4-6-14)18(26)28-11-16(24)22-15-9-7-13(8-10-15)17(20)25/h2-10,12H,11H2,1H3,(H2,20,25)(H,22,24)(H2,21,23,27)/t12-/m0/s1. The molecule has 0 aliphatic rings. The van der Waals surface area contributed by atoms with Gasteiger partial charge in [0.2, 0.25) is 5.91 Å². The average molecular weight is 384 g/mol. The SMILES string of the molecule is C[C@H](NC(=O)Nc1ccccc1)C(=O)OCC(=O)Nc1ccc(C(N)=O)cc1. The number of ether oxygens (including phenoxy) is 1. The Balaban J connectivity index is 1.74. The summed E-state index contributed by atoms with van der Waals surface area (Å²) >= 11 is 0. The number of hydrogen-bond donors (Lipinski definition) is 4. The zero-order chi connectivity index (χ0) is 20.5. The summed E-state index contributed by atoms with van der Waals surface area (Å²) in [6.07, 6.45) is 0. The number of nitrogens with two attached hydrogens (primary N) is 1. The van der Waals surface area contributed by atoms with Crippen molar-refractivity contribution in [3.8, 4) is 0 Å². The molecule has 2 aromatic carbocycles. The van der Waals surface area contributed by atoms with Crippen molar-refractivity contribution < 1.29 is 23.9 Å². The molecule has 28 heavy (non-hydrogen) atoms. The van der Waals surface area contributed by atoms with Crippen LogP contribution in [0.3, 0.4) is 0 Å². The van der Waals surface area contributed by atoms with Crippen LogP contribution in [-0.2, 0) is 14.3 Å². The Kier molecular flexibility index (Phi) is 7.09. The smallest absolute Gasteiger partial charge is 0.328 e. The number of benzene rings is 2. The number of para-hydroxylation sites is 1. The Labute approximate surface area is 161 Å². The van der Waals surface area contributed by atoms with Crippen molar-refractivity contribution >= 4 is 35.2 Å². The first-order chi connectivity index (χ1) is 13.3. The van der Waals surface area contributed by atoms with Gasteiger partial charge in [0.15, 0.2) is 6.61 Å². The van der Waals surface area contributed by atoms with Crippen LogP contribution >= 0.6 is 0 Å². The molecule has 0 saturated carbocycles. The predicted octanol–water partition coefficient (Wildman–Crippen LogP) is 1.48. The first-order valence-electron chi connectivity index (χ1n) is 8.34. The molecular weight excluding hydrogens is 364 g/mol. The van der Waals surface area contributed by atoms with Gasteiger partial charge < -0.3 is 26.4 Å². The van der Waals surface area contributed by atoms with Crippen molar-refractivity contribution in [2.75, 3.05) is 17.2 Å². The lowest BCUT2D eigenvalue weighted by atomic mass is 10.2. The van der Waals surface area contributed by atoms with Crippen LogP contribution in [0.15, 0.2) is 54.6 Å². The van der Waals surface area contributed by atoms with Gasteiger partial charge in [0.1, 0.15) is 6.04 Å². The lowest BCUT2D eigenvalue weighted by Gasteiger charge is -2.14. The van der Waals surface area contributed by atoms with E-state index in [1.807, 2.05) is 0 Å². The molecule has 2 aromatic rings. The molecule has 0 aliphatic heterocycles. The third-order valence-electron chi connectivity index (χ3n) is 3.53. The van der Waals surface area contributed by atoms with Crippen LogP contribution in [0.1, 0.15) is 17.3 Å². The van der Waals surface area contributed by atoms with Crippen molar-refractivity contribution in [2.24, 2.45) is 5.73 Å². The molecule has 9 nitrogen and oxygen atoms in total. The maximum Gasteiger partial charge on any atom is 0.328 e. The Hall–Kier alpha value is -3.88. The van der Waals surface area contributed by atoms with E-state index in [0.717, 1.165) is 0 Å². The zero-order valence-electron chi connectivity index (χ0n) is 15.1. The van der Waals surface area contributed by atoms with Crippen LogP contribution in [0.5, 0.6) is 0 Å². The predicted molar refractivity (Wildman–Crippen MR) is 103 cm³/mol. The molecule has 0 saturated heterocycles. The maximum absolute atomic E-state index is 11.9. The molecule has 146 valence electrons. The zero-order valence-corrected chi connectivity index (χ0v) is 15.1. The molecular formula is C19H20N4O5. The van der Waals surface area contributed by atoms with Crippen LogP contribution in [0.25, 0.3) is 0 Å². The quantitative estimate of drug-likeness (QED) is 0.535. The van der Waals surface area contributed by atoms with Crippen molar-refractivity contribution in [1.82, 2.24) is 5.32 Å². The number of nitrogens with one attached hydrogen (secondary N) is 3. The van der Waals surface area contributed by atoms with E-state index in [0.29, 0.717) is 16.9 Å². The van der Waals surface area contributed by atoms with Crippen molar-refractivity contribution in [3.63, 3.8) is 0 Å². The fraction of sp³-hybridized carbons (Fsp3) is 0.158. The van der Waals surface area contributed by atoms with Crippen molar-refractivity contribution in [3.05, 3.63) is 60.2 Å². The minimum atomic E-state index is -0.952. The van der Waals surface area contributed by atoms with Crippen LogP contribution in [0.4, 0.5) is 16.2 Å². The number of urea groups is 1. The fourth-order valence-corrected chi connectivity index (χ4v) is 2.12. The summed E-state index contributed by atoms with van der Waals surface area (Å²) in [6.45, 7) is 0.913. The highest BCUT2D eigenvalue weighted by Crippen LogP contribution is 2.09. The molecule has 5 N–H and O–H groups in total. The summed E-state index contributed by atoms with van der Waals surface area (Å²) < 4.78 is 4.88. The summed E-state index contributed by atoms with van der Waals surface area (Å²) in [5, 5.41) is 7.49. The molecule has 9 heteroatoms. The molecule has 0 bridgehead atoms. The number of esters is 1. The van der Waals surface area contributed by atoms with Gasteiger partial charge in [-0.1, -0.05) is 18.2 Å². The fourth-order valence-electron chi connectivity index (χ4n) is 2.12. The van der Waals surface area contributed by atoms with Crippen LogP contribution < -0.4 is 21.7 Å². The van der Waals surface area contributed by atoms with Crippen molar-refractivity contribution in [1.29, 1.82) is 0 Å². The first kappa shape index (κ1) is 20.4. The van der Waals surface area contributed by atoms with E-state index in [9.17, 15) is 19.2 Å². The summed E-state index contributed by atoms with van der Waals surface area (Å²) in [4.78, 5) is 46.6. The molecule has 0 aromatic heterocycles. The molecule has 0 heterocycles. The number of carbonyl (C=O) groups is 4. The molecule has 0 unspecified atom stereocenters. The molecule has 0 aliphatic carbocycles. The van der Waals surface area contributed by atoms with E-state index in [2.05, 4.69) is 16.0 Å². The minimum Gasteiger partial charge on any atom is -0.454 e. The number of rotatable bonds is 7. The Morgan fingerprint density at radius 2 is 1.54 bits per heavy atom. The van der Waals surface area contributed by atoms with E-state index in [4.69, 9.17) is 10.5 Å². The van der Waals surface area contributed by atoms with E-state index in [-0.39, 0.29) is 0 Å². The topological polar surface area (TPSA) is 140 Å². The van der Waals surface area contributed by atoms with Gasteiger partial charge in [0, 0.05) is 16.9 Å². The second-order valence-corrected chi connectivity index (χ2v) is 5.78. The second kappa shape index (κ2) is 9.72. The lowest BCUT2D eigenvalue weighted by Crippen LogP contribution is -2.42. The van der Waals surface area contributed by atoms with E-state index < -0.39 is 36.5 Å². The number of carbonyl (C=O) groups excluding carboxylic acids is 4. The number of amides is 4. The van der Waals surface area contributed by atoms with Crippen LogP contribution in [0, 0.1) is 0 Å². The normalized spacial score (nSPS) is 11.0. The monoisotopic (exact) mass is 384 g/mol. The van der Waals surface area contributed by atoms with Gasteiger partial charge in [-0.25, -0.2) is 9.59 Å². The van der Waals surface area contributed by atoms with Gasteiger partial charge >= 0.3 is 12.0 Å². The number of primary amides is 1. The molecule has 1 atom stereocenters. The molecule has 2 rings (SSSR count).